The minimum Gasteiger partial charge on any atom is -0.351 e. The van der Waals surface area contributed by atoms with Gasteiger partial charge in [0.25, 0.3) is 0 Å². The van der Waals surface area contributed by atoms with Gasteiger partial charge < -0.3 is 8.37 Å². The van der Waals surface area contributed by atoms with Crippen LogP contribution in [0.4, 0.5) is 13.6 Å². The summed E-state index contributed by atoms with van der Waals surface area (Å²) >= 11 is -0.760. The van der Waals surface area contributed by atoms with E-state index in [-0.39, 0.29) is 0 Å². The molecular weight excluding hydrogens is 206 g/mol. The van der Waals surface area contributed by atoms with Crippen molar-refractivity contribution in [2.75, 3.05) is 0 Å². The molecular formula is C2F2O5S2. The number of hydrogen-bond donors (Lipinski definition) is 0. The Labute approximate surface area is 64.0 Å². The normalized spacial score (nSPS) is 26.9. The van der Waals surface area contributed by atoms with E-state index >= 15 is 0 Å². The molecule has 0 saturated carbocycles. The van der Waals surface area contributed by atoms with Crippen LogP contribution in [0.1, 0.15) is 0 Å². The minimum atomic E-state index is -5.16. The lowest BCUT2D eigenvalue weighted by atomic mass is 11.5. The summed E-state index contributed by atoms with van der Waals surface area (Å²) in [5, 5.41) is 0. The summed E-state index contributed by atoms with van der Waals surface area (Å²) in [5.74, 6) is 0. The summed E-state index contributed by atoms with van der Waals surface area (Å²) in [6.07, 6.45) is -1.67. The fourth-order valence-electron chi connectivity index (χ4n) is 0.276. The van der Waals surface area contributed by atoms with Crippen molar-refractivity contribution in [2.24, 2.45) is 0 Å². The summed E-state index contributed by atoms with van der Waals surface area (Å²) in [7, 11) is -5.16. The van der Waals surface area contributed by atoms with Gasteiger partial charge in [0.1, 0.15) is 0 Å². The van der Waals surface area contributed by atoms with Gasteiger partial charge in [0, 0.05) is 0 Å². The molecule has 0 atom stereocenters. The molecule has 0 radical (unpaired) electrons. The summed E-state index contributed by atoms with van der Waals surface area (Å²) in [4.78, 5) is 9.99. The first-order valence-corrected chi connectivity index (χ1v) is 4.22. The molecule has 0 N–H and O–H groups in total. The highest BCUT2D eigenvalue weighted by Gasteiger charge is 2.56. The molecule has 1 heterocycles. The molecule has 0 aromatic carbocycles. The van der Waals surface area contributed by atoms with Gasteiger partial charge in [-0.15, -0.1) is 0 Å². The topological polar surface area (TPSA) is 69.7 Å². The average molecular weight is 206 g/mol. The molecule has 0 unspecified atom stereocenters. The Morgan fingerprint density at radius 3 is 2.36 bits per heavy atom. The fourth-order valence-corrected chi connectivity index (χ4v) is 1.37. The van der Waals surface area contributed by atoms with E-state index in [4.69, 9.17) is 0 Å². The van der Waals surface area contributed by atoms with Crippen molar-refractivity contribution in [3.63, 3.8) is 0 Å². The van der Waals surface area contributed by atoms with Crippen molar-refractivity contribution in [1.82, 2.24) is 0 Å². The van der Waals surface area contributed by atoms with Crippen LogP contribution in [-0.2, 0) is 18.5 Å². The second-order valence-corrected chi connectivity index (χ2v) is 4.11. The van der Waals surface area contributed by atoms with E-state index in [9.17, 15) is 22.0 Å². The Bertz CT molecular complexity index is 281. The lowest BCUT2D eigenvalue weighted by Gasteiger charge is -2.17. The quantitative estimate of drug-likeness (QED) is 0.428. The molecule has 0 bridgehead atoms. The minimum absolute atomic E-state index is 0.760. The van der Waals surface area contributed by atoms with Crippen molar-refractivity contribution in [2.45, 2.75) is 4.59 Å². The van der Waals surface area contributed by atoms with Gasteiger partial charge in [-0.3, -0.25) is 0 Å². The summed E-state index contributed by atoms with van der Waals surface area (Å²) < 4.78 is 47.3. The van der Waals surface area contributed by atoms with Crippen molar-refractivity contribution in [1.29, 1.82) is 0 Å². The number of alkyl halides is 2. The smallest absolute Gasteiger partial charge is 0.351 e. The molecule has 5 nitrogen and oxygen atoms in total. The van der Waals surface area contributed by atoms with Gasteiger partial charge >= 0.3 is 20.9 Å². The zero-order valence-electron chi connectivity index (χ0n) is 4.61. The van der Waals surface area contributed by atoms with Crippen LogP contribution in [-0.4, -0.2) is 19.2 Å². The molecule has 0 amide bonds. The van der Waals surface area contributed by atoms with Gasteiger partial charge in [0.2, 0.25) is 0 Å². The van der Waals surface area contributed by atoms with E-state index in [1.165, 1.54) is 0 Å². The first kappa shape index (κ1) is 8.53. The van der Waals surface area contributed by atoms with Gasteiger partial charge in [0.15, 0.2) is 12.0 Å². The molecule has 0 spiro atoms. The number of carbonyl (C=O) groups excluding carboxylic acids is 1. The molecule has 64 valence electrons. The van der Waals surface area contributed by atoms with Gasteiger partial charge in [-0.25, -0.2) is 4.79 Å². The maximum Gasteiger partial charge on any atom is 0.537 e. The molecule has 1 aliphatic rings. The third-order valence-electron chi connectivity index (χ3n) is 0.676. The van der Waals surface area contributed by atoms with Gasteiger partial charge in [-0.1, -0.05) is 0 Å². The monoisotopic (exact) mass is 206 g/mol. The number of hydrogen-bond acceptors (Lipinski definition) is 6. The maximum atomic E-state index is 12.1. The van der Waals surface area contributed by atoms with Crippen LogP contribution in [0.3, 0.4) is 0 Å². The van der Waals surface area contributed by atoms with Crippen molar-refractivity contribution in [3.8, 4) is 0 Å². The summed E-state index contributed by atoms with van der Waals surface area (Å²) in [6, 6.07) is 0. The standard InChI is InChI=1S/C2F2O5S2/c3-2(4)10-8-1(5)9-11(2,6)7. The molecule has 1 saturated heterocycles. The number of halogens is 2. The Morgan fingerprint density at radius 1 is 1.45 bits per heavy atom. The lowest BCUT2D eigenvalue weighted by molar-refractivity contribution is 0.116. The highest BCUT2D eigenvalue weighted by atomic mass is 32.3. The second kappa shape index (κ2) is 2.21. The Hall–Kier alpha value is -0.570. The largest absolute Gasteiger partial charge is 0.537 e. The molecule has 11 heavy (non-hydrogen) atoms. The van der Waals surface area contributed by atoms with Gasteiger partial charge in [0.05, 0.1) is 0 Å². The number of rotatable bonds is 0. The zero-order chi connectivity index (χ0) is 8.70. The SMILES string of the molecule is O=C1OSC(F)(F)S(=O)(=O)O1. The van der Waals surface area contributed by atoms with E-state index in [0.29, 0.717) is 0 Å². The molecule has 1 rings (SSSR count). The van der Waals surface area contributed by atoms with Crippen molar-refractivity contribution in [3.05, 3.63) is 0 Å². The van der Waals surface area contributed by atoms with E-state index in [2.05, 4.69) is 8.37 Å². The van der Waals surface area contributed by atoms with Crippen molar-refractivity contribution < 1.29 is 30.4 Å². The zero-order valence-corrected chi connectivity index (χ0v) is 6.25. The summed E-state index contributed by atoms with van der Waals surface area (Å²) in [5.41, 5.74) is 0. The van der Waals surface area contributed by atoms with E-state index in [1.54, 1.807) is 0 Å². The average Bonchev–Trinajstić information content (AvgIpc) is 1.80. The predicted molar refractivity (Wildman–Crippen MR) is 29.0 cm³/mol. The third-order valence-corrected chi connectivity index (χ3v) is 2.84. The van der Waals surface area contributed by atoms with Crippen LogP contribution in [0.15, 0.2) is 0 Å². The fraction of sp³-hybridized carbons (Fsp3) is 0.500. The Balaban J connectivity index is 3.00. The van der Waals surface area contributed by atoms with E-state index < -0.39 is 32.9 Å². The predicted octanol–water partition coefficient (Wildman–Crippen LogP) is 0.682. The van der Waals surface area contributed by atoms with Crippen LogP contribution >= 0.6 is 12.0 Å². The molecule has 1 fully saturated rings. The molecule has 0 aromatic rings. The maximum absolute atomic E-state index is 12.1. The lowest BCUT2D eigenvalue weighted by Crippen LogP contribution is -2.34. The Kier molecular flexibility index (Phi) is 1.71. The second-order valence-electron chi connectivity index (χ2n) is 1.42. The van der Waals surface area contributed by atoms with Crippen molar-refractivity contribution >= 4 is 28.3 Å². The molecule has 0 aromatic heterocycles. The molecule has 9 heteroatoms. The summed E-state index contributed by atoms with van der Waals surface area (Å²) in [6.45, 7) is 0. The van der Waals surface area contributed by atoms with Crippen LogP contribution < -0.4 is 0 Å². The van der Waals surface area contributed by atoms with E-state index in [1.807, 2.05) is 0 Å². The number of carbonyl (C=O) groups is 1. The first-order valence-electron chi connectivity index (χ1n) is 2.07. The van der Waals surface area contributed by atoms with Gasteiger partial charge in [-0.05, 0) is 0 Å². The van der Waals surface area contributed by atoms with Crippen LogP contribution in [0, 0.1) is 0 Å². The third kappa shape index (κ3) is 1.38. The van der Waals surface area contributed by atoms with Crippen LogP contribution in [0.25, 0.3) is 0 Å². The molecule has 1 aliphatic heterocycles. The van der Waals surface area contributed by atoms with Gasteiger partial charge in [-0.2, -0.15) is 17.2 Å². The van der Waals surface area contributed by atoms with E-state index in [0.717, 1.165) is 0 Å². The highest BCUT2D eigenvalue weighted by Crippen LogP contribution is 2.40. The van der Waals surface area contributed by atoms with Crippen LogP contribution in [0.5, 0.6) is 0 Å². The highest BCUT2D eigenvalue weighted by molar-refractivity contribution is 8.10. The molecule has 0 aliphatic carbocycles. The van der Waals surface area contributed by atoms with Crippen LogP contribution in [0.2, 0.25) is 0 Å². The first-order chi connectivity index (χ1) is 4.85. The Morgan fingerprint density at radius 2 is 2.00 bits per heavy atom.